The van der Waals surface area contributed by atoms with Gasteiger partial charge in [-0.15, -0.1) is 0 Å². The van der Waals surface area contributed by atoms with Crippen LogP contribution < -0.4 is 10.5 Å². The predicted octanol–water partition coefficient (Wildman–Crippen LogP) is 1.48. The first kappa shape index (κ1) is 10.7. The number of rotatable bonds is 3. The van der Waals surface area contributed by atoms with E-state index in [9.17, 15) is 0 Å². The molecule has 1 aromatic carbocycles. The van der Waals surface area contributed by atoms with E-state index in [0.717, 1.165) is 17.1 Å². The average Bonchev–Trinajstić information content (AvgIpc) is 2.74. The van der Waals surface area contributed by atoms with Crippen LogP contribution in [0.2, 0.25) is 0 Å². The zero-order valence-electron chi connectivity index (χ0n) is 9.42. The molecule has 1 atom stereocenters. The van der Waals surface area contributed by atoms with E-state index in [-0.39, 0.29) is 6.04 Å². The lowest BCUT2D eigenvalue weighted by atomic mass is 10.1. The van der Waals surface area contributed by atoms with Crippen LogP contribution in [0.25, 0.3) is 0 Å². The van der Waals surface area contributed by atoms with Gasteiger partial charge in [0.15, 0.2) is 0 Å². The molecule has 2 aromatic rings. The summed E-state index contributed by atoms with van der Waals surface area (Å²) in [6.07, 6.45) is 3.63. The lowest BCUT2D eigenvalue weighted by Gasteiger charge is -2.12. The Morgan fingerprint density at radius 2 is 2.25 bits per heavy atom. The van der Waals surface area contributed by atoms with E-state index in [4.69, 9.17) is 10.5 Å². The summed E-state index contributed by atoms with van der Waals surface area (Å²) < 4.78 is 7.09. The zero-order chi connectivity index (χ0) is 11.5. The van der Waals surface area contributed by atoms with Crippen LogP contribution in [-0.4, -0.2) is 16.7 Å². The summed E-state index contributed by atoms with van der Waals surface area (Å²) in [6.45, 7) is 0. The molecule has 0 radical (unpaired) electrons. The molecule has 0 bridgehead atoms. The molecular formula is C12H15N3O. The third-order valence-electron chi connectivity index (χ3n) is 2.59. The number of aryl methyl sites for hydroxylation is 1. The van der Waals surface area contributed by atoms with Gasteiger partial charge in [-0.25, -0.2) is 4.98 Å². The molecule has 0 spiro atoms. The molecule has 0 amide bonds. The SMILES string of the molecule is COc1cccc([C@H](N)c2nccn2C)c1. The average molecular weight is 217 g/mol. The van der Waals surface area contributed by atoms with Crippen LogP contribution >= 0.6 is 0 Å². The second-order valence-electron chi connectivity index (χ2n) is 3.65. The Hall–Kier alpha value is -1.81. The maximum atomic E-state index is 6.15. The van der Waals surface area contributed by atoms with Crippen molar-refractivity contribution < 1.29 is 4.74 Å². The van der Waals surface area contributed by atoms with Gasteiger partial charge in [-0.1, -0.05) is 12.1 Å². The minimum absolute atomic E-state index is 0.227. The molecule has 84 valence electrons. The Kier molecular flexibility index (Phi) is 2.92. The Labute approximate surface area is 94.7 Å². The Balaban J connectivity index is 2.33. The smallest absolute Gasteiger partial charge is 0.129 e. The second-order valence-corrected chi connectivity index (χ2v) is 3.65. The molecule has 2 rings (SSSR count). The molecule has 0 saturated carbocycles. The number of hydrogen-bond donors (Lipinski definition) is 1. The first-order valence-corrected chi connectivity index (χ1v) is 5.09. The number of benzene rings is 1. The van der Waals surface area contributed by atoms with Crippen LogP contribution in [0.1, 0.15) is 17.4 Å². The van der Waals surface area contributed by atoms with Crippen molar-refractivity contribution in [2.45, 2.75) is 6.04 Å². The van der Waals surface area contributed by atoms with Gasteiger partial charge < -0.3 is 15.0 Å². The fraction of sp³-hybridized carbons (Fsp3) is 0.250. The first-order valence-electron chi connectivity index (χ1n) is 5.09. The molecule has 2 N–H and O–H groups in total. The van der Waals surface area contributed by atoms with Crippen LogP contribution in [0.5, 0.6) is 5.75 Å². The van der Waals surface area contributed by atoms with Gasteiger partial charge in [0.05, 0.1) is 13.2 Å². The molecule has 16 heavy (non-hydrogen) atoms. The molecule has 0 aliphatic carbocycles. The van der Waals surface area contributed by atoms with Crippen molar-refractivity contribution in [3.05, 3.63) is 48.0 Å². The summed E-state index contributed by atoms with van der Waals surface area (Å²) >= 11 is 0. The van der Waals surface area contributed by atoms with Gasteiger partial charge in [-0.2, -0.15) is 0 Å². The Morgan fingerprint density at radius 3 is 2.88 bits per heavy atom. The minimum Gasteiger partial charge on any atom is -0.497 e. The first-order chi connectivity index (χ1) is 7.72. The monoisotopic (exact) mass is 217 g/mol. The largest absolute Gasteiger partial charge is 0.497 e. The van der Waals surface area contributed by atoms with E-state index in [1.807, 2.05) is 42.1 Å². The summed E-state index contributed by atoms with van der Waals surface area (Å²) in [5.74, 6) is 1.65. The van der Waals surface area contributed by atoms with Gasteiger partial charge in [0.1, 0.15) is 11.6 Å². The lowest BCUT2D eigenvalue weighted by molar-refractivity contribution is 0.414. The zero-order valence-corrected chi connectivity index (χ0v) is 9.42. The third kappa shape index (κ3) is 1.92. The van der Waals surface area contributed by atoms with Crippen molar-refractivity contribution in [1.29, 1.82) is 0 Å². The summed E-state index contributed by atoms with van der Waals surface area (Å²) in [7, 11) is 3.58. The number of hydrogen-bond acceptors (Lipinski definition) is 3. The Morgan fingerprint density at radius 1 is 1.44 bits per heavy atom. The van der Waals surface area contributed by atoms with Crippen molar-refractivity contribution in [2.24, 2.45) is 12.8 Å². The number of aromatic nitrogens is 2. The van der Waals surface area contributed by atoms with E-state index < -0.39 is 0 Å². The van der Waals surface area contributed by atoms with Gasteiger partial charge in [0.25, 0.3) is 0 Å². The van der Waals surface area contributed by atoms with Gasteiger partial charge >= 0.3 is 0 Å². The molecular weight excluding hydrogens is 202 g/mol. The van der Waals surface area contributed by atoms with Gasteiger partial charge in [-0.3, -0.25) is 0 Å². The summed E-state index contributed by atoms with van der Waals surface area (Å²) in [6, 6.07) is 7.50. The fourth-order valence-electron chi connectivity index (χ4n) is 1.66. The number of methoxy groups -OCH3 is 1. The van der Waals surface area contributed by atoms with E-state index >= 15 is 0 Å². The van der Waals surface area contributed by atoms with Crippen LogP contribution in [0.15, 0.2) is 36.7 Å². The van der Waals surface area contributed by atoms with Crippen molar-refractivity contribution >= 4 is 0 Å². The predicted molar refractivity (Wildman–Crippen MR) is 62.2 cm³/mol. The second kappa shape index (κ2) is 4.37. The van der Waals surface area contributed by atoms with Crippen LogP contribution in [-0.2, 0) is 7.05 Å². The number of ether oxygens (including phenoxy) is 1. The Bertz CT molecular complexity index is 479. The highest BCUT2D eigenvalue weighted by molar-refractivity contribution is 5.33. The van der Waals surface area contributed by atoms with Crippen molar-refractivity contribution in [2.75, 3.05) is 7.11 Å². The number of nitrogens with zero attached hydrogens (tertiary/aromatic N) is 2. The maximum absolute atomic E-state index is 6.15. The molecule has 4 nitrogen and oxygen atoms in total. The topological polar surface area (TPSA) is 53.1 Å². The quantitative estimate of drug-likeness (QED) is 0.847. The standard InChI is InChI=1S/C12H15N3O/c1-15-7-6-14-12(15)11(13)9-4-3-5-10(8-9)16-2/h3-8,11H,13H2,1-2H3/t11-/m0/s1. The van der Waals surface area contributed by atoms with Gasteiger partial charge in [0, 0.05) is 19.4 Å². The molecule has 0 aliphatic heterocycles. The minimum atomic E-state index is -0.227. The number of imidazole rings is 1. The van der Waals surface area contributed by atoms with Crippen LogP contribution in [0.3, 0.4) is 0 Å². The normalized spacial score (nSPS) is 12.4. The molecule has 0 unspecified atom stereocenters. The lowest BCUT2D eigenvalue weighted by Crippen LogP contribution is -2.16. The van der Waals surface area contributed by atoms with Crippen molar-refractivity contribution in [3.63, 3.8) is 0 Å². The molecule has 0 fully saturated rings. The number of nitrogens with two attached hydrogens (primary N) is 1. The highest BCUT2D eigenvalue weighted by atomic mass is 16.5. The van der Waals surface area contributed by atoms with Crippen LogP contribution in [0, 0.1) is 0 Å². The summed E-state index contributed by atoms with van der Waals surface area (Å²) in [4.78, 5) is 4.24. The highest BCUT2D eigenvalue weighted by Gasteiger charge is 2.13. The van der Waals surface area contributed by atoms with Crippen LogP contribution in [0.4, 0.5) is 0 Å². The summed E-state index contributed by atoms with van der Waals surface area (Å²) in [5, 5.41) is 0. The van der Waals surface area contributed by atoms with Gasteiger partial charge in [0.2, 0.25) is 0 Å². The molecule has 1 aromatic heterocycles. The molecule has 0 saturated heterocycles. The van der Waals surface area contributed by atoms with E-state index in [2.05, 4.69) is 4.98 Å². The highest BCUT2D eigenvalue weighted by Crippen LogP contribution is 2.21. The van der Waals surface area contributed by atoms with Crippen molar-refractivity contribution in [3.8, 4) is 5.75 Å². The summed E-state index contributed by atoms with van der Waals surface area (Å²) in [5.41, 5.74) is 7.14. The third-order valence-corrected chi connectivity index (χ3v) is 2.59. The van der Waals surface area contributed by atoms with Gasteiger partial charge in [-0.05, 0) is 17.7 Å². The molecule has 4 heteroatoms. The van der Waals surface area contributed by atoms with Crippen molar-refractivity contribution in [1.82, 2.24) is 9.55 Å². The van der Waals surface area contributed by atoms with E-state index in [0.29, 0.717) is 0 Å². The van der Waals surface area contributed by atoms with E-state index in [1.165, 1.54) is 0 Å². The van der Waals surface area contributed by atoms with E-state index in [1.54, 1.807) is 13.3 Å². The molecule has 0 aliphatic rings. The molecule has 1 heterocycles. The maximum Gasteiger partial charge on any atom is 0.129 e. The fourth-order valence-corrected chi connectivity index (χ4v) is 1.66.